The average Bonchev–Trinajstić information content (AvgIpc) is 3.99. The Kier molecular flexibility index (Phi) is 26.4. The van der Waals surface area contributed by atoms with Crippen molar-refractivity contribution in [3.63, 3.8) is 0 Å². The van der Waals surface area contributed by atoms with E-state index in [-0.39, 0.29) is 56.8 Å². The zero-order valence-corrected chi connectivity index (χ0v) is 45.0. The molecule has 0 aromatic heterocycles. The molecule has 3 saturated heterocycles. The Morgan fingerprint density at radius 1 is 0.714 bits per heavy atom. The summed E-state index contributed by atoms with van der Waals surface area (Å²) in [5, 5.41) is 104. The standard InChI is InChI=1S/C52H88N10O15/c1-5-28(2)24-29(3)12-10-8-6-7-9-11-13-39(69)56-34-26-38(68)46(55-22-21-54)60-50(75)43-37(67)19-23-61(43)52(77)41(36(66)18-20-53)58-49(74)42(45(71)44(70)31-14-16-32(64)17-15-31)59-48(73)35-25-33(65)27-62(35)51(76)40(30(4)63)57-47(34)72/h14-17,28-30,33-38,40-46,55,63-68,70-71H,5-13,18-27,53-54H2,1-4H3,(H,56,69)(H,57,72)(H,58,74)(H,59,73)(H,60,75)/t28-,29+,30+,33+,34-,35-,36+,37-,38+,40-,41-,42-,43-,44-,45-,46?/m0/s1. The number of nitrogens with one attached hydrogen (secondary N) is 6. The van der Waals surface area contributed by atoms with E-state index in [4.69, 9.17) is 11.5 Å². The van der Waals surface area contributed by atoms with Crippen molar-refractivity contribution in [2.75, 3.05) is 32.7 Å². The molecule has 18 N–H and O–H groups in total. The van der Waals surface area contributed by atoms with Crippen molar-refractivity contribution in [2.24, 2.45) is 23.3 Å². The van der Waals surface area contributed by atoms with Crippen molar-refractivity contribution in [2.45, 2.75) is 203 Å². The molecule has 4 rings (SSSR count). The van der Waals surface area contributed by atoms with Crippen molar-refractivity contribution in [1.29, 1.82) is 0 Å². The van der Waals surface area contributed by atoms with Gasteiger partial charge in [0.1, 0.15) is 60.4 Å². The van der Waals surface area contributed by atoms with Gasteiger partial charge in [-0.2, -0.15) is 0 Å². The van der Waals surface area contributed by atoms with Crippen molar-refractivity contribution in [3.05, 3.63) is 29.8 Å². The van der Waals surface area contributed by atoms with E-state index in [1.165, 1.54) is 30.7 Å². The second-order valence-corrected chi connectivity index (χ2v) is 21.3. The first-order valence-corrected chi connectivity index (χ1v) is 27.3. The number of nitrogens with zero attached hydrogens (tertiary/aromatic N) is 2. The molecule has 25 nitrogen and oxygen atoms in total. The molecule has 1 unspecified atom stereocenters. The monoisotopic (exact) mass is 1090 g/mol. The van der Waals surface area contributed by atoms with Crippen LogP contribution >= 0.6 is 0 Å². The second-order valence-electron chi connectivity index (χ2n) is 21.3. The number of phenolic OH excluding ortho intramolecular Hbond substituents is 1. The van der Waals surface area contributed by atoms with Crippen LogP contribution in [0.25, 0.3) is 0 Å². The summed E-state index contributed by atoms with van der Waals surface area (Å²) in [6.45, 7) is 6.73. The molecular formula is C52H88N10O15. The minimum Gasteiger partial charge on any atom is -0.508 e. The van der Waals surface area contributed by atoms with Crippen LogP contribution in [0.5, 0.6) is 5.75 Å². The largest absolute Gasteiger partial charge is 0.508 e. The number of fused-ring (bicyclic) bond motifs is 2. The number of benzene rings is 1. The Balaban J connectivity index is 1.73. The Morgan fingerprint density at radius 3 is 1.97 bits per heavy atom. The first kappa shape index (κ1) is 64.4. The lowest BCUT2D eigenvalue weighted by atomic mass is 9.91. The van der Waals surface area contributed by atoms with E-state index >= 15 is 0 Å². The summed E-state index contributed by atoms with van der Waals surface area (Å²) < 4.78 is 0. The molecule has 0 spiro atoms. The molecule has 0 saturated carbocycles. The van der Waals surface area contributed by atoms with E-state index < -0.39 is 146 Å². The van der Waals surface area contributed by atoms with Gasteiger partial charge in [0.25, 0.3) is 0 Å². The molecule has 1 aromatic rings. The lowest BCUT2D eigenvalue weighted by Gasteiger charge is -2.35. The fraction of sp³-hybridized carbons (Fsp3) is 0.750. The van der Waals surface area contributed by atoms with Crippen LogP contribution in [-0.2, 0) is 33.6 Å². The molecule has 3 aliphatic heterocycles. The molecule has 0 bridgehead atoms. The summed E-state index contributed by atoms with van der Waals surface area (Å²) in [5.74, 6) is -6.43. The Bertz CT molecular complexity index is 2070. The van der Waals surface area contributed by atoms with Crippen molar-refractivity contribution in [3.8, 4) is 5.75 Å². The van der Waals surface area contributed by atoms with Crippen LogP contribution in [0.3, 0.4) is 0 Å². The van der Waals surface area contributed by atoms with Crippen LogP contribution in [0.2, 0.25) is 0 Å². The number of aromatic hydroxyl groups is 1. The third-order valence-corrected chi connectivity index (χ3v) is 14.9. The Labute approximate surface area is 450 Å². The second kappa shape index (κ2) is 31.5. The van der Waals surface area contributed by atoms with E-state index in [2.05, 4.69) is 52.7 Å². The van der Waals surface area contributed by atoms with Gasteiger partial charge < -0.3 is 88.7 Å². The van der Waals surface area contributed by atoms with Gasteiger partial charge in [0.05, 0.1) is 30.5 Å². The molecular weight excluding hydrogens is 1000 g/mol. The number of unbranched alkanes of at least 4 members (excludes halogenated alkanes) is 5. The van der Waals surface area contributed by atoms with Crippen LogP contribution in [-0.4, -0.2) is 204 Å². The maximum absolute atomic E-state index is 14.6. The number of carbonyl (C=O) groups is 7. The van der Waals surface area contributed by atoms with Crippen LogP contribution in [0.15, 0.2) is 24.3 Å². The minimum absolute atomic E-state index is 0.0257. The van der Waals surface area contributed by atoms with E-state index in [1.54, 1.807) is 0 Å². The number of aliphatic hydroxyl groups is 7. The number of aliphatic hydroxyl groups excluding tert-OH is 7. The molecule has 16 atom stereocenters. The minimum atomic E-state index is -2.28. The zero-order valence-electron chi connectivity index (χ0n) is 45.0. The molecule has 3 fully saturated rings. The molecule has 0 radical (unpaired) electrons. The van der Waals surface area contributed by atoms with Crippen LogP contribution in [0.4, 0.5) is 0 Å². The number of hydrogen-bond donors (Lipinski definition) is 16. The maximum atomic E-state index is 14.6. The third kappa shape index (κ3) is 18.8. The molecule has 3 aliphatic rings. The molecule has 1 aromatic carbocycles. The highest BCUT2D eigenvalue weighted by molar-refractivity contribution is 5.98. The summed E-state index contributed by atoms with van der Waals surface area (Å²) in [6, 6.07) is -6.40. The maximum Gasteiger partial charge on any atom is 0.248 e. The highest BCUT2D eigenvalue weighted by atomic mass is 16.3. The van der Waals surface area contributed by atoms with Gasteiger partial charge in [0, 0.05) is 45.4 Å². The Hall–Kier alpha value is -5.09. The average molecular weight is 1090 g/mol. The predicted molar refractivity (Wildman–Crippen MR) is 280 cm³/mol. The van der Waals surface area contributed by atoms with Gasteiger partial charge in [0.2, 0.25) is 41.4 Å². The first-order chi connectivity index (χ1) is 36.5. The number of hydrogen-bond acceptors (Lipinski definition) is 18. The molecule has 77 heavy (non-hydrogen) atoms. The summed E-state index contributed by atoms with van der Waals surface area (Å²) in [4.78, 5) is 102. The zero-order chi connectivity index (χ0) is 57.1. The lowest BCUT2D eigenvalue weighted by molar-refractivity contribution is -0.148. The molecule has 3 heterocycles. The highest BCUT2D eigenvalue weighted by Gasteiger charge is 2.49. The highest BCUT2D eigenvalue weighted by Crippen LogP contribution is 2.27. The van der Waals surface area contributed by atoms with Gasteiger partial charge in [0.15, 0.2) is 0 Å². The number of carbonyl (C=O) groups excluding carboxylic acids is 7. The summed E-state index contributed by atoms with van der Waals surface area (Å²) >= 11 is 0. The quantitative estimate of drug-likeness (QED) is 0.0477. The normalized spacial score (nSPS) is 28.6. The molecule has 0 aliphatic carbocycles. The Morgan fingerprint density at radius 2 is 1.34 bits per heavy atom. The lowest BCUT2D eigenvalue weighted by Crippen LogP contribution is -2.65. The molecule has 25 heteroatoms. The summed E-state index contributed by atoms with van der Waals surface area (Å²) in [7, 11) is 0. The predicted octanol–water partition coefficient (Wildman–Crippen LogP) is -3.31. The summed E-state index contributed by atoms with van der Waals surface area (Å²) in [5.41, 5.74) is 11.5. The SMILES string of the molecule is CC[C@H](C)C[C@H](C)CCCCCCCCC(=O)N[C@H]1C[C@@H](O)C(NCCN)NC(=O)[C@@H]2[C@@H](O)CCN2C(=O)[C@H]([C@H](O)CCN)NC(=O)[C@H]([C@H](O)[C@@H](O)c2ccc(O)cc2)NC(=O)[C@@H]2C[C@@H](O)CN2C(=O)[C@H]([C@@H](C)O)NC1=O. The van der Waals surface area contributed by atoms with Gasteiger partial charge in [-0.3, -0.25) is 38.9 Å². The van der Waals surface area contributed by atoms with Crippen LogP contribution in [0, 0.1) is 11.8 Å². The van der Waals surface area contributed by atoms with Crippen molar-refractivity contribution < 1.29 is 74.4 Å². The van der Waals surface area contributed by atoms with Crippen molar-refractivity contribution >= 4 is 41.4 Å². The van der Waals surface area contributed by atoms with Crippen LogP contribution in [0.1, 0.15) is 129 Å². The van der Waals surface area contributed by atoms with Crippen LogP contribution < -0.4 is 43.4 Å². The first-order valence-electron chi connectivity index (χ1n) is 27.3. The molecule has 7 amide bonds. The van der Waals surface area contributed by atoms with Gasteiger partial charge >= 0.3 is 0 Å². The number of phenols is 1. The number of amides is 7. The topological polar surface area (TPSA) is 412 Å². The number of rotatable bonds is 23. The van der Waals surface area contributed by atoms with Crippen molar-refractivity contribution in [1.82, 2.24) is 41.7 Å². The van der Waals surface area contributed by atoms with E-state index in [1.807, 2.05) is 0 Å². The fourth-order valence-corrected chi connectivity index (χ4v) is 10.2. The van der Waals surface area contributed by atoms with Gasteiger partial charge in [-0.15, -0.1) is 0 Å². The van der Waals surface area contributed by atoms with Gasteiger partial charge in [-0.05, 0) is 68.7 Å². The van der Waals surface area contributed by atoms with E-state index in [9.17, 15) is 74.4 Å². The van der Waals surface area contributed by atoms with Gasteiger partial charge in [-0.1, -0.05) is 77.8 Å². The van der Waals surface area contributed by atoms with E-state index in [0.29, 0.717) is 24.7 Å². The number of nitrogens with two attached hydrogens (primary N) is 2. The smallest absolute Gasteiger partial charge is 0.248 e. The third-order valence-electron chi connectivity index (χ3n) is 14.9. The molecule has 436 valence electrons. The summed E-state index contributed by atoms with van der Waals surface area (Å²) in [6.07, 6.45) is -6.95. The van der Waals surface area contributed by atoms with Gasteiger partial charge in [-0.25, -0.2) is 0 Å². The fourth-order valence-electron chi connectivity index (χ4n) is 10.2. The van der Waals surface area contributed by atoms with E-state index in [0.717, 1.165) is 55.2 Å².